The van der Waals surface area contributed by atoms with Crippen LogP contribution in [0.5, 0.6) is 0 Å². The second kappa shape index (κ2) is 17.9. The van der Waals surface area contributed by atoms with Crippen molar-refractivity contribution in [1.29, 1.82) is 0 Å². The van der Waals surface area contributed by atoms with Crippen LogP contribution in [0.4, 0.5) is 0 Å². The quantitative estimate of drug-likeness (QED) is 0.376. The Balaban J connectivity index is 0.000000175. The third kappa shape index (κ3) is 10.8. The molecule has 0 radical (unpaired) electrons. The molecule has 2 aromatic carbocycles. The van der Waals surface area contributed by atoms with Gasteiger partial charge in [0.15, 0.2) is 0 Å². The fourth-order valence-corrected chi connectivity index (χ4v) is 9.85. The largest absolute Gasteiger partial charge is 0.494 e. The molecule has 7 rings (SSSR count). The van der Waals surface area contributed by atoms with Crippen molar-refractivity contribution in [3.05, 3.63) is 53.0 Å². The Hall–Kier alpha value is -1.39. The first-order chi connectivity index (χ1) is 27.4. The van der Waals surface area contributed by atoms with Crippen LogP contribution in [-0.2, 0) is 48.0 Å². The Labute approximate surface area is 369 Å². The highest BCUT2D eigenvalue weighted by atomic mass is 79.9. The number of halogens is 1. The van der Waals surface area contributed by atoms with E-state index in [9.17, 15) is 16.8 Å². The van der Waals surface area contributed by atoms with Crippen LogP contribution >= 0.6 is 15.9 Å². The summed E-state index contributed by atoms with van der Waals surface area (Å²) in [6, 6.07) is 13.6. The normalized spacial score (nSPS) is 25.4. The number of benzene rings is 2. The molecule has 2 aromatic rings. The second-order valence-corrected chi connectivity index (χ2v) is 24.1. The number of nitrogens with zero attached hydrogens (tertiary/aromatic N) is 4. The maximum atomic E-state index is 12.8. The van der Waals surface area contributed by atoms with Gasteiger partial charge in [0.2, 0.25) is 20.0 Å². The Kier molecular flexibility index (Phi) is 14.8. The van der Waals surface area contributed by atoms with Gasteiger partial charge in [-0.1, -0.05) is 28.1 Å². The highest BCUT2D eigenvalue weighted by Crippen LogP contribution is 2.43. The monoisotopic (exact) mass is 938 g/mol. The average Bonchev–Trinajstić information content (AvgIpc) is 3.62. The van der Waals surface area contributed by atoms with Gasteiger partial charge in [0.1, 0.15) is 0 Å². The summed E-state index contributed by atoms with van der Waals surface area (Å²) in [7, 11) is -4.19. The minimum Gasteiger partial charge on any atom is -0.405 e. The number of hydrogen-bond acceptors (Lipinski definition) is 12. The second-order valence-electron chi connectivity index (χ2n) is 19.3. The average molecular weight is 939 g/mol. The first kappa shape index (κ1) is 49.6. The maximum absolute atomic E-state index is 12.8. The summed E-state index contributed by atoms with van der Waals surface area (Å²) in [5, 5.41) is 0. The molecule has 14 nitrogen and oxygen atoms in total. The van der Waals surface area contributed by atoms with Gasteiger partial charge in [-0.2, -0.15) is 8.61 Å². The van der Waals surface area contributed by atoms with Gasteiger partial charge >= 0.3 is 21.1 Å². The van der Waals surface area contributed by atoms with Crippen LogP contribution in [-0.4, -0.2) is 156 Å². The predicted octanol–water partition coefficient (Wildman–Crippen LogP) is 4.56. The molecule has 0 aliphatic carbocycles. The molecule has 5 aliphatic heterocycles. The predicted molar refractivity (Wildman–Crippen MR) is 241 cm³/mol. The maximum Gasteiger partial charge on any atom is 0.494 e. The van der Waals surface area contributed by atoms with Crippen LogP contribution < -0.4 is 5.46 Å². The Bertz CT molecular complexity index is 1930. The fraction of sp³-hybridized carbons (Fsp3) is 0.700. The summed E-state index contributed by atoms with van der Waals surface area (Å²) in [6.45, 7) is 29.5. The number of piperazine rings is 2. The third-order valence-electron chi connectivity index (χ3n) is 13.2. The van der Waals surface area contributed by atoms with Crippen LogP contribution in [0, 0.1) is 0 Å². The van der Waals surface area contributed by atoms with Crippen LogP contribution in [0.3, 0.4) is 0 Å². The molecule has 0 amide bonds. The Morgan fingerprint density at radius 2 is 0.717 bits per heavy atom. The van der Waals surface area contributed by atoms with E-state index in [4.69, 9.17) is 27.9 Å². The van der Waals surface area contributed by atoms with Crippen molar-refractivity contribution in [2.75, 3.05) is 66.5 Å². The zero-order valence-electron chi connectivity index (χ0n) is 38.1. The number of likely N-dealkylation sites (N-methyl/N-ethyl adjacent to an activating group) is 2. The van der Waals surface area contributed by atoms with Crippen LogP contribution in [0.2, 0.25) is 0 Å². The molecule has 20 heteroatoms. The van der Waals surface area contributed by atoms with E-state index in [1.165, 1.54) is 0 Å². The summed E-state index contributed by atoms with van der Waals surface area (Å²) >= 11 is 3.30. The van der Waals surface area contributed by atoms with Crippen molar-refractivity contribution in [2.24, 2.45) is 0 Å². The third-order valence-corrected chi connectivity index (χ3v) is 17.5. The first-order valence-electron chi connectivity index (χ1n) is 20.7. The van der Waals surface area contributed by atoms with E-state index < -0.39 is 52.4 Å². The lowest BCUT2D eigenvalue weighted by molar-refractivity contribution is 0.00578. The van der Waals surface area contributed by atoms with Gasteiger partial charge in [-0.25, -0.2) is 16.8 Å². The van der Waals surface area contributed by atoms with Crippen molar-refractivity contribution in [3.8, 4) is 0 Å². The lowest BCUT2D eigenvalue weighted by atomic mass is 9.49. The molecule has 5 fully saturated rings. The van der Waals surface area contributed by atoms with Gasteiger partial charge in [0, 0.05) is 56.8 Å². The summed E-state index contributed by atoms with van der Waals surface area (Å²) < 4.78 is 90.0. The lowest BCUT2D eigenvalue weighted by Crippen LogP contribution is -2.47. The molecular formula is C40H66B3BrN4O10S2. The van der Waals surface area contributed by atoms with E-state index in [1.54, 1.807) is 57.1 Å². The molecule has 5 heterocycles. The summed E-state index contributed by atoms with van der Waals surface area (Å²) in [4.78, 5) is 4.95. The van der Waals surface area contributed by atoms with E-state index in [0.29, 0.717) is 36.0 Å². The van der Waals surface area contributed by atoms with Gasteiger partial charge in [-0.15, -0.1) is 0 Å². The highest BCUT2D eigenvalue weighted by molar-refractivity contribution is 9.10. The lowest BCUT2D eigenvalue weighted by Gasteiger charge is -2.32. The van der Waals surface area contributed by atoms with Crippen molar-refractivity contribution in [2.45, 2.75) is 126 Å². The minimum absolute atomic E-state index is 0.317. The first-order valence-corrected chi connectivity index (χ1v) is 24.4. The smallest absolute Gasteiger partial charge is 0.405 e. The van der Waals surface area contributed by atoms with Gasteiger partial charge in [-0.05, 0) is 139 Å². The molecule has 0 saturated carbocycles. The van der Waals surface area contributed by atoms with E-state index in [2.05, 4.69) is 25.7 Å². The Morgan fingerprint density at radius 3 is 1.02 bits per heavy atom. The van der Waals surface area contributed by atoms with Gasteiger partial charge in [0.05, 0.1) is 43.4 Å². The van der Waals surface area contributed by atoms with Crippen molar-refractivity contribution < 1.29 is 44.8 Å². The van der Waals surface area contributed by atoms with E-state index in [0.717, 1.165) is 36.1 Å². The van der Waals surface area contributed by atoms with E-state index in [-0.39, 0.29) is 22.4 Å². The van der Waals surface area contributed by atoms with Crippen LogP contribution in [0.15, 0.2) is 62.8 Å². The molecule has 0 N–H and O–H groups in total. The van der Waals surface area contributed by atoms with Gasteiger partial charge in [-0.3, -0.25) is 0 Å². The molecular weight excluding hydrogens is 873 g/mol. The molecule has 0 unspecified atom stereocenters. The van der Waals surface area contributed by atoms with E-state index >= 15 is 0 Å². The highest BCUT2D eigenvalue weighted by Gasteiger charge is 2.63. The molecule has 0 bridgehead atoms. The van der Waals surface area contributed by atoms with Crippen LogP contribution in [0.1, 0.15) is 83.1 Å². The standard InChI is InChI=1S/C17H27BN2O4S.C12H24B2O4.C11H15BrN2O2S/c1-16(2)17(3,4)24-18(23-16)14-6-8-15(9-7-14)25(21,22)20-12-10-19(5)11-13-20;1-9(2)10(3,4)16-13(15-9)14-17-11(5,6)12(7,8)18-14;1-13-6-8-14(9-7-13)17(15,16)11-4-2-10(12)3-5-11/h6-9H,10-13H2,1-5H3;1-8H3;2-5H,6-9H2,1H3. The number of hydrogen-bond donors (Lipinski definition) is 0. The fourth-order valence-electron chi connectivity index (χ4n) is 6.74. The molecule has 60 heavy (non-hydrogen) atoms. The summed E-state index contributed by atoms with van der Waals surface area (Å²) in [5.41, 5.74) is -1.44. The number of sulfonamides is 2. The summed E-state index contributed by atoms with van der Waals surface area (Å²) in [5.74, 6) is 0. The Morgan fingerprint density at radius 1 is 0.450 bits per heavy atom. The summed E-state index contributed by atoms with van der Waals surface area (Å²) in [6.07, 6.45) is 0. The zero-order chi connectivity index (χ0) is 44.9. The SMILES string of the molecule is CC1(C)OB(B2OC(C)(C)C(C)(C)O2)OC1(C)C.CN1CCN(S(=O)(=O)c2ccc(B3OC(C)(C)C(C)(C)O3)cc2)CC1.CN1CCN(S(=O)(=O)c2ccc(Br)cc2)CC1. The molecule has 0 aromatic heterocycles. The topological polar surface area (TPSA) is 137 Å². The van der Waals surface area contributed by atoms with Crippen molar-refractivity contribution in [3.63, 3.8) is 0 Å². The number of rotatable bonds is 6. The molecule has 0 spiro atoms. The molecule has 0 atom stereocenters. The molecule has 5 saturated heterocycles. The van der Waals surface area contributed by atoms with Crippen LogP contribution in [0.25, 0.3) is 0 Å². The van der Waals surface area contributed by atoms with Crippen molar-refractivity contribution in [1.82, 2.24) is 18.4 Å². The van der Waals surface area contributed by atoms with Crippen molar-refractivity contribution >= 4 is 62.6 Å². The zero-order valence-corrected chi connectivity index (χ0v) is 41.3. The van der Waals surface area contributed by atoms with Gasteiger partial charge < -0.3 is 37.7 Å². The molecule has 334 valence electrons. The molecule has 5 aliphatic rings. The minimum atomic E-state index is -3.45. The van der Waals surface area contributed by atoms with Gasteiger partial charge in [0.25, 0.3) is 0 Å². The van der Waals surface area contributed by atoms with E-state index in [1.807, 2.05) is 97.2 Å².